The minimum Gasteiger partial charge on any atom is -0.497 e. The van der Waals surface area contributed by atoms with Crippen LogP contribution in [0.4, 0.5) is 0 Å². The molecule has 2 heterocycles. The number of nitrogens with one attached hydrogen (secondary N) is 1. The van der Waals surface area contributed by atoms with E-state index in [1.807, 2.05) is 12.1 Å². The van der Waals surface area contributed by atoms with Gasteiger partial charge >= 0.3 is 0 Å². The molecular formula is C17H20N2O6S. The van der Waals surface area contributed by atoms with Crippen LogP contribution < -0.4 is 10.1 Å². The summed E-state index contributed by atoms with van der Waals surface area (Å²) in [6.07, 6.45) is 0. The first kappa shape index (κ1) is 18.4. The predicted molar refractivity (Wildman–Crippen MR) is 92.5 cm³/mol. The summed E-state index contributed by atoms with van der Waals surface area (Å²) in [6.45, 7) is 1.48. The first-order chi connectivity index (χ1) is 12.5. The van der Waals surface area contributed by atoms with E-state index < -0.39 is 15.9 Å². The van der Waals surface area contributed by atoms with E-state index in [1.165, 1.54) is 16.4 Å². The van der Waals surface area contributed by atoms with Gasteiger partial charge < -0.3 is 19.2 Å². The maximum Gasteiger partial charge on any atom is 0.287 e. The Morgan fingerprint density at radius 3 is 2.73 bits per heavy atom. The fraction of sp³-hybridized carbons (Fsp3) is 0.353. The molecule has 1 amide bonds. The van der Waals surface area contributed by atoms with Gasteiger partial charge in [0.15, 0.2) is 5.76 Å². The number of carbonyl (C=O) groups is 1. The van der Waals surface area contributed by atoms with E-state index >= 15 is 0 Å². The van der Waals surface area contributed by atoms with Gasteiger partial charge in [-0.15, -0.1) is 0 Å². The van der Waals surface area contributed by atoms with Crippen LogP contribution in [0.1, 0.15) is 16.1 Å². The summed E-state index contributed by atoms with van der Waals surface area (Å²) in [4.78, 5) is 12.2. The molecule has 1 aliphatic heterocycles. The zero-order valence-electron chi connectivity index (χ0n) is 14.3. The quantitative estimate of drug-likeness (QED) is 0.810. The number of furan rings is 1. The number of amides is 1. The molecular weight excluding hydrogens is 360 g/mol. The molecule has 0 saturated carbocycles. The molecule has 1 saturated heterocycles. The Bertz CT molecular complexity index is 871. The minimum atomic E-state index is -3.76. The van der Waals surface area contributed by atoms with Gasteiger partial charge in [0.1, 0.15) is 5.75 Å². The summed E-state index contributed by atoms with van der Waals surface area (Å²) in [5.74, 6) is 0.143. The molecule has 1 N–H and O–H groups in total. The lowest BCUT2D eigenvalue weighted by atomic mass is 10.2. The number of ether oxygens (including phenoxy) is 2. The summed E-state index contributed by atoms with van der Waals surface area (Å²) in [7, 11) is -2.19. The molecule has 1 aromatic heterocycles. The number of morpholine rings is 1. The van der Waals surface area contributed by atoms with Gasteiger partial charge in [-0.3, -0.25) is 4.79 Å². The van der Waals surface area contributed by atoms with Gasteiger partial charge in [0.25, 0.3) is 15.9 Å². The van der Waals surface area contributed by atoms with Crippen LogP contribution in [0.5, 0.6) is 5.75 Å². The van der Waals surface area contributed by atoms with Crippen LogP contribution in [-0.4, -0.2) is 52.0 Å². The van der Waals surface area contributed by atoms with Crippen molar-refractivity contribution in [3.8, 4) is 5.75 Å². The molecule has 0 radical (unpaired) electrons. The van der Waals surface area contributed by atoms with Crippen LogP contribution in [0.25, 0.3) is 0 Å². The van der Waals surface area contributed by atoms with Crippen molar-refractivity contribution in [3.63, 3.8) is 0 Å². The van der Waals surface area contributed by atoms with E-state index in [9.17, 15) is 13.2 Å². The molecule has 1 fully saturated rings. The molecule has 0 spiro atoms. The second kappa shape index (κ2) is 7.90. The highest BCUT2D eigenvalue weighted by molar-refractivity contribution is 7.89. The second-order valence-corrected chi connectivity index (χ2v) is 7.54. The molecule has 0 unspecified atom stereocenters. The lowest BCUT2D eigenvalue weighted by Crippen LogP contribution is -2.40. The fourth-order valence-electron chi connectivity index (χ4n) is 2.55. The third kappa shape index (κ3) is 4.06. The zero-order valence-corrected chi connectivity index (χ0v) is 15.1. The smallest absolute Gasteiger partial charge is 0.287 e. The van der Waals surface area contributed by atoms with Crippen molar-refractivity contribution in [1.29, 1.82) is 0 Å². The number of nitrogens with zero attached hydrogens (tertiary/aromatic N) is 1. The van der Waals surface area contributed by atoms with E-state index in [2.05, 4.69) is 5.32 Å². The molecule has 26 heavy (non-hydrogen) atoms. The molecule has 8 nitrogen and oxygen atoms in total. The number of benzene rings is 1. The van der Waals surface area contributed by atoms with Gasteiger partial charge in [0.05, 0.1) is 20.3 Å². The van der Waals surface area contributed by atoms with Crippen LogP contribution >= 0.6 is 0 Å². The summed E-state index contributed by atoms with van der Waals surface area (Å²) in [5.41, 5.74) is 0.852. The molecule has 2 aromatic rings. The summed E-state index contributed by atoms with van der Waals surface area (Å²) in [6, 6.07) is 9.93. The first-order valence-corrected chi connectivity index (χ1v) is 9.53. The lowest BCUT2D eigenvalue weighted by molar-refractivity contribution is 0.0722. The van der Waals surface area contributed by atoms with E-state index in [0.717, 1.165) is 5.56 Å². The Morgan fingerprint density at radius 2 is 2.00 bits per heavy atom. The average molecular weight is 380 g/mol. The monoisotopic (exact) mass is 380 g/mol. The highest BCUT2D eigenvalue weighted by Gasteiger charge is 2.30. The van der Waals surface area contributed by atoms with Crippen LogP contribution in [0, 0.1) is 0 Å². The van der Waals surface area contributed by atoms with Crippen LogP contribution in [-0.2, 0) is 21.3 Å². The van der Waals surface area contributed by atoms with Crippen molar-refractivity contribution in [3.05, 3.63) is 47.7 Å². The number of hydrogen-bond acceptors (Lipinski definition) is 6. The van der Waals surface area contributed by atoms with E-state index in [4.69, 9.17) is 13.9 Å². The highest BCUT2D eigenvalue weighted by atomic mass is 32.2. The van der Waals surface area contributed by atoms with Gasteiger partial charge in [0.2, 0.25) is 5.09 Å². The van der Waals surface area contributed by atoms with Gasteiger partial charge in [-0.25, -0.2) is 8.42 Å². The lowest BCUT2D eigenvalue weighted by Gasteiger charge is -2.24. The molecule has 1 aliphatic rings. The number of hydrogen-bond donors (Lipinski definition) is 1. The number of sulfonamides is 1. The Hall–Kier alpha value is -2.36. The number of carbonyl (C=O) groups excluding carboxylic acids is 1. The van der Waals surface area contributed by atoms with Crippen molar-refractivity contribution in [1.82, 2.24) is 9.62 Å². The molecule has 0 aliphatic carbocycles. The van der Waals surface area contributed by atoms with Crippen LogP contribution in [0.15, 0.2) is 45.9 Å². The SMILES string of the molecule is COc1cccc(CNC(=O)c2ccc(S(=O)(=O)N3CCOCC3)o2)c1. The topological polar surface area (TPSA) is 98.1 Å². The summed E-state index contributed by atoms with van der Waals surface area (Å²) < 4.78 is 41.9. The number of methoxy groups -OCH3 is 1. The Morgan fingerprint density at radius 1 is 1.23 bits per heavy atom. The minimum absolute atomic E-state index is 0.0558. The van der Waals surface area contributed by atoms with Gasteiger partial charge in [0, 0.05) is 19.6 Å². The zero-order chi connectivity index (χ0) is 18.6. The largest absolute Gasteiger partial charge is 0.497 e. The van der Waals surface area contributed by atoms with Crippen LogP contribution in [0.2, 0.25) is 0 Å². The maximum absolute atomic E-state index is 12.5. The Balaban J connectivity index is 1.65. The van der Waals surface area contributed by atoms with Crippen molar-refractivity contribution >= 4 is 15.9 Å². The van der Waals surface area contributed by atoms with Gasteiger partial charge in [-0.05, 0) is 29.8 Å². The molecule has 0 atom stereocenters. The normalized spacial score (nSPS) is 15.6. The highest BCUT2D eigenvalue weighted by Crippen LogP contribution is 2.20. The fourth-order valence-corrected chi connectivity index (χ4v) is 3.87. The maximum atomic E-state index is 12.5. The molecule has 0 bridgehead atoms. The molecule has 1 aromatic carbocycles. The van der Waals surface area contributed by atoms with Gasteiger partial charge in [-0.2, -0.15) is 4.31 Å². The summed E-state index contributed by atoms with van der Waals surface area (Å²) in [5, 5.41) is 2.45. The standard InChI is InChI=1S/C17H20N2O6S/c1-23-14-4-2-3-13(11-14)12-18-17(20)15-5-6-16(25-15)26(21,22)19-7-9-24-10-8-19/h2-6,11H,7-10,12H2,1H3,(H,18,20). The Labute approximate surface area is 151 Å². The Kier molecular flexibility index (Phi) is 5.60. The first-order valence-electron chi connectivity index (χ1n) is 8.09. The van der Waals surface area contributed by atoms with Crippen molar-refractivity contribution in [2.45, 2.75) is 11.6 Å². The van der Waals surface area contributed by atoms with Gasteiger partial charge in [-0.1, -0.05) is 12.1 Å². The van der Waals surface area contributed by atoms with Crippen LogP contribution in [0.3, 0.4) is 0 Å². The van der Waals surface area contributed by atoms with Crippen molar-refractivity contribution in [2.24, 2.45) is 0 Å². The van der Waals surface area contributed by atoms with E-state index in [0.29, 0.717) is 19.0 Å². The van der Waals surface area contributed by atoms with E-state index in [1.54, 1.807) is 19.2 Å². The summed E-state index contributed by atoms with van der Waals surface area (Å²) >= 11 is 0. The number of rotatable bonds is 6. The molecule has 9 heteroatoms. The molecule has 140 valence electrons. The van der Waals surface area contributed by atoms with Crippen molar-refractivity contribution in [2.75, 3.05) is 33.4 Å². The predicted octanol–water partition coefficient (Wildman–Crippen LogP) is 1.24. The second-order valence-electron chi connectivity index (χ2n) is 5.67. The van der Waals surface area contributed by atoms with Crippen molar-refractivity contribution < 1.29 is 27.1 Å². The average Bonchev–Trinajstić information content (AvgIpc) is 3.18. The third-order valence-corrected chi connectivity index (χ3v) is 5.73. The third-order valence-electron chi connectivity index (χ3n) is 3.96. The molecule has 3 rings (SSSR count). The van der Waals surface area contributed by atoms with E-state index in [-0.39, 0.29) is 30.5 Å².